The number of hydrogen-bond donors (Lipinski definition) is 3. The second kappa shape index (κ2) is 65.7. The highest BCUT2D eigenvalue weighted by Crippen LogP contribution is 2.43. The third kappa shape index (κ3) is 68.6. The van der Waals surface area contributed by atoms with Crippen molar-refractivity contribution in [1.82, 2.24) is 5.32 Å². The summed E-state index contributed by atoms with van der Waals surface area (Å²) in [5.74, 6) is -0.166. The van der Waals surface area contributed by atoms with Crippen molar-refractivity contribution < 1.29 is 32.9 Å². The van der Waals surface area contributed by atoms with Crippen LogP contribution in [0.4, 0.5) is 0 Å². The van der Waals surface area contributed by atoms with Gasteiger partial charge in [0.05, 0.1) is 39.9 Å². The molecule has 496 valence electrons. The average Bonchev–Trinajstić information content (AvgIpc) is 3.50. The van der Waals surface area contributed by atoms with Crippen molar-refractivity contribution >= 4 is 13.7 Å². The summed E-state index contributed by atoms with van der Waals surface area (Å²) in [6, 6.07) is -0.844. The summed E-state index contributed by atoms with van der Waals surface area (Å²) in [6.45, 7) is 4.89. The van der Waals surface area contributed by atoms with Crippen molar-refractivity contribution in [3.63, 3.8) is 0 Å². The Bertz CT molecular complexity index is 1360. The van der Waals surface area contributed by atoms with E-state index in [9.17, 15) is 19.4 Å². The normalized spacial score (nSPS) is 13.6. The molecular formula is C74H150N2O6P+. The smallest absolute Gasteiger partial charge is 0.387 e. The zero-order chi connectivity index (χ0) is 60.5. The Balaban J connectivity index is 3.93. The first-order valence-electron chi connectivity index (χ1n) is 37.6. The molecule has 9 heteroatoms. The maximum Gasteiger partial charge on any atom is 0.472 e. The number of rotatable bonds is 71. The van der Waals surface area contributed by atoms with Gasteiger partial charge in [-0.1, -0.05) is 392 Å². The van der Waals surface area contributed by atoms with E-state index in [4.69, 9.17) is 9.05 Å². The summed E-state index contributed by atoms with van der Waals surface area (Å²) in [7, 11) is 1.60. The minimum Gasteiger partial charge on any atom is -0.387 e. The number of unbranched alkanes of at least 4 members (excludes halogenated alkanes) is 58. The SMILES string of the molecule is CCCCCCCCCCCCCCCCCCCCCCCC/C=C/C(O)C(COP(=O)(O)OCC[N+](C)(C)C)NC(=O)CCCCCCCCCCCCCCCCCCCCCCCCCCCCCCCCCCCCCCC. The lowest BCUT2D eigenvalue weighted by atomic mass is 10.0. The first-order valence-corrected chi connectivity index (χ1v) is 39.1. The Morgan fingerprint density at radius 3 is 0.892 bits per heavy atom. The van der Waals surface area contributed by atoms with Gasteiger partial charge >= 0.3 is 7.82 Å². The van der Waals surface area contributed by atoms with Crippen molar-refractivity contribution in [1.29, 1.82) is 0 Å². The molecule has 0 aromatic rings. The number of carbonyl (C=O) groups is 1. The molecule has 83 heavy (non-hydrogen) atoms. The fourth-order valence-corrected chi connectivity index (χ4v) is 12.7. The molecule has 0 bridgehead atoms. The first kappa shape index (κ1) is 82.2. The quantitative estimate of drug-likeness (QED) is 0.0243. The highest BCUT2D eigenvalue weighted by Gasteiger charge is 2.28. The maximum atomic E-state index is 13.1. The molecule has 0 saturated heterocycles. The van der Waals surface area contributed by atoms with E-state index in [0.717, 1.165) is 32.1 Å². The zero-order valence-electron chi connectivity index (χ0n) is 57.0. The molecule has 0 aromatic heterocycles. The van der Waals surface area contributed by atoms with Crippen LogP contribution in [-0.2, 0) is 18.4 Å². The number of likely N-dealkylation sites (N-methyl/N-ethyl adjacent to an activating group) is 1. The molecule has 8 nitrogen and oxygen atoms in total. The van der Waals surface area contributed by atoms with Crippen LogP contribution >= 0.6 is 7.82 Å². The summed E-state index contributed by atoms with van der Waals surface area (Å²) in [5, 5.41) is 14.0. The number of allylic oxidation sites excluding steroid dienone is 1. The number of hydrogen-bond acceptors (Lipinski definition) is 5. The van der Waals surface area contributed by atoms with Crippen LogP contribution < -0.4 is 5.32 Å². The number of nitrogens with zero attached hydrogens (tertiary/aromatic N) is 1. The Kier molecular flexibility index (Phi) is 65.1. The first-order chi connectivity index (χ1) is 40.5. The van der Waals surface area contributed by atoms with E-state index >= 15 is 0 Å². The third-order valence-electron chi connectivity index (χ3n) is 17.8. The lowest BCUT2D eigenvalue weighted by Crippen LogP contribution is -2.45. The van der Waals surface area contributed by atoms with Gasteiger partial charge in [0, 0.05) is 6.42 Å². The van der Waals surface area contributed by atoms with E-state index in [0.29, 0.717) is 17.4 Å². The van der Waals surface area contributed by atoms with Crippen LogP contribution in [0.2, 0.25) is 0 Å². The number of amides is 1. The molecular weight excluding hydrogens is 1040 g/mol. The fraction of sp³-hybridized carbons (Fsp3) is 0.959. The van der Waals surface area contributed by atoms with Gasteiger partial charge in [0.15, 0.2) is 0 Å². The number of carbonyl (C=O) groups excluding carboxylic acids is 1. The Morgan fingerprint density at radius 2 is 0.639 bits per heavy atom. The predicted octanol–water partition coefficient (Wildman–Crippen LogP) is 24.1. The van der Waals surface area contributed by atoms with Crippen LogP contribution in [0.5, 0.6) is 0 Å². The van der Waals surface area contributed by atoms with Crippen LogP contribution in [0.15, 0.2) is 12.2 Å². The van der Waals surface area contributed by atoms with E-state index in [-0.39, 0.29) is 19.1 Å². The summed E-state index contributed by atoms with van der Waals surface area (Å²) < 4.78 is 23.8. The molecule has 3 atom stereocenters. The second-order valence-electron chi connectivity index (χ2n) is 27.4. The molecule has 0 fully saturated rings. The largest absolute Gasteiger partial charge is 0.472 e. The van der Waals surface area contributed by atoms with Crippen molar-refractivity contribution in [2.24, 2.45) is 0 Å². The van der Waals surface area contributed by atoms with Gasteiger partial charge in [-0.2, -0.15) is 0 Å². The van der Waals surface area contributed by atoms with E-state index in [2.05, 4.69) is 19.2 Å². The van der Waals surface area contributed by atoms with E-state index in [1.54, 1.807) is 6.08 Å². The summed E-state index contributed by atoms with van der Waals surface area (Å²) in [5.41, 5.74) is 0. The minimum atomic E-state index is -4.35. The van der Waals surface area contributed by atoms with Crippen LogP contribution in [0, 0.1) is 0 Å². The summed E-state index contributed by atoms with van der Waals surface area (Å²) in [4.78, 5) is 23.4. The molecule has 0 aliphatic heterocycles. The van der Waals surface area contributed by atoms with Gasteiger partial charge in [-0.3, -0.25) is 13.8 Å². The Morgan fingerprint density at radius 1 is 0.398 bits per heavy atom. The summed E-state index contributed by atoms with van der Waals surface area (Å²) >= 11 is 0. The van der Waals surface area contributed by atoms with Crippen LogP contribution in [0.25, 0.3) is 0 Å². The molecule has 0 heterocycles. The number of quaternary nitrogens is 1. The highest BCUT2D eigenvalue weighted by molar-refractivity contribution is 7.47. The Hall–Kier alpha value is -0.760. The minimum absolute atomic E-state index is 0.0655. The highest BCUT2D eigenvalue weighted by atomic mass is 31.2. The number of aliphatic hydroxyl groups is 1. The number of phosphoric acid groups is 1. The number of phosphoric ester groups is 1. The second-order valence-corrected chi connectivity index (χ2v) is 28.8. The van der Waals surface area contributed by atoms with Crippen molar-refractivity contribution in [3.8, 4) is 0 Å². The third-order valence-corrected chi connectivity index (χ3v) is 18.7. The standard InChI is InChI=1S/C74H149N2O6P/c1-6-8-10-12-14-16-18-20-22-24-26-28-30-32-33-34-35-36-37-38-39-40-41-42-43-44-46-48-50-52-54-56-58-60-62-64-66-68-74(78)75-72(71-82-83(79,80)81-70-69-76(3,4)5)73(77)67-65-63-61-59-57-55-53-51-49-47-45-31-29-27-25-23-21-19-17-15-13-11-9-7-2/h65,67,72-73,77H,6-64,66,68-71H2,1-5H3,(H-,75,78,79,80)/p+1/b67-65+. The maximum absolute atomic E-state index is 13.1. The number of nitrogens with one attached hydrogen (secondary N) is 1. The molecule has 0 radical (unpaired) electrons. The monoisotopic (exact) mass is 1190 g/mol. The van der Waals surface area contributed by atoms with Gasteiger partial charge in [-0.25, -0.2) is 4.57 Å². The van der Waals surface area contributed by atoms with Crippen molar-refractivity contribution in [2.75, 3.05) is 40.9 Å². The van der Waals surface area contributed by atoms with E-state index in [1.807, 2.05) is 27.2 Å². The van der Waals surface area contributed by atoms with E-state index < -0.39 is 20.0 Å². The fourth-order valence-electron chi connectivity index (χ4n) is 11.9. The predicted molar refractivity (Wildman–Crippen MR) is 365 cm³/mol. The topological polar surface area (TPSA) is 105 Å². The van der Waals surface area contributed by atoms with Crippen LogP contribution in [0.1, 0.15) is 406 Å². The van der Waals surface area contributed by atoms with Crippen LogP contribution in [-0.4, -0.2) is 73.4 Å². The van der Waals surface area contributed by atoms with Gasteiger partial charge in [0.2, 0.25) is 5.91 Å². The molecule has 0 spiro atoms. The van der Waals surface area contributed by atoms with Gasteiger partial charge in [0.25, 0.3) is 0 Å². The van der Waals surface area contributed by atoms with Gasteiger partial charge in [0.1, 0.15) is 13.2 Å². The molecule has 0 aliphatic carbocycles. The molecule has 0 aromatic carbocycles. The summed E-state index contributed by atoms with van der Waals surface area (Å²) in [6.07, 6.45) is 85.3. The van der Waals surface area contributed by atoms with Gasteiger partial charge < -0.3 is 19.8 Å². The molecule has 1 amide bonds. The van der Waals surface area contributed by atoms with Crippen LogP contribution in [0.3, 0.4) is 0 Å². The van der Waals surface area contributed by atoms with Crippen molar-refractivity contribution in [3.05, 3.63) is 12.2 Å². The molecule has 0 saturated carbocycles. The van der Waals surface area contributed by atoms with Gasteiger partial charge in [-0.15, -0.1) is 0 Å². The average molecular weight is 1190 g/mol. The number of aliphatic hydroxyl groups excluding tert-OH is 1. The lowest BCUT2D eigenvalue weighted by molar-refractivity contribution is -0.870. The molecule has 0 aliphatic rings. The Labute approximate surface area is 520 Å². The van der Waals surface area contributed by atoms with Gasteiger partial charge in [-0.05, 0) is 19.3 Å². The lowest BCUT2D eigenvalue weighted by Gasteiger charge is -2.25. The zero-order valence-corrected chi connectivity index (χ0v) is 57.9. The van der Waals surface area contributed by atoms with Crippen molar-refractivity contribution in [2.45, 2.75) is 418 Å². The molecule has 3 N–H and O–H groups in total. The molecule has 0 rings (SSSR count). The van der Waals surface area contributed by atoms with E-state index in [1.165, 1.54) is 353 Å². The molecule has 3 unspecified atom stereocenters.